The van der Waals surface area contributed by atoms with Crippen molar-refractivity contribution in [3.05, 3.63) is 71.8 Å². The van der Waals surface area contributed by atoms with Gasteiger partial charge < -0.3 is 25.2 Å². The number of aliphatic hydroxyl groups is 1. The van der Waals surface area contributed by atoms with Crippen LogP contribution in [0.2, 0.25) is 0 Å². The van der Waals surface area contributed by atoms with E-state index in [1.807, 2.05) is 62.4 Å². The highest BCUT2D eigenvalue weighted by Gasteiger charge is 2.31. The lowest BCUT2D eigenvalue weighted by Crippen LogP contribution is -2.56. The summed E-state index contributed by atoms with van der Waals surface area (Å²) >= 11 is 0. The molecule has 0 saturated heterocycles. The van der Waals surface area contributed by atoms with E-state index in [1.54, 1.807) is 12.1 Å². The smallest absolute Gasteiger partial charge is 0.408 e. The molecule has 8 heteroatoms. The fraction of sp³-hybridized carbons (Fsp3) is 0.400. The SMILES string of the molecule is CC(C)CC(NC(=O)C(NC(=O)OCc1ccccc1)C(C)O)C(=O)OCc1ccccc1. The first-order valence-electron chi connectivity index (χ1n) is 10.9. The molecule has 0 aliphatic rings. The standard InChI is InChI=1S/C25H32N2O6/c1-17(2)14-21(24(30)32-15-19-10-6-4-7-11-19)26-23(29)22(18(3)28)27-25(31)33-16-20-12-8-5-9-13-20/h4-13,17-18,21-22,28H,14-16H2,1-3H3,(H,26,29)(H,27,31). The summed E-state index contributed by atoms with van der Waals surface area (Å²) < 4.78 is 10.5. The van der Waals surface area contributed by atoms with E-state index in [-0.39, 0.29) is 19.1 Å². The molecular weight excluding hydrogens is 424 g/mol. The van der Waals surface area contributed by atoms with Gasteiger partial charge in [0, 0.05) is 0 Å². The number of aliphatic hydroxyl groups excluding tert-OH is 1. The number of hydrogen-bond donors (Lipinski definition) is 3. The van der Waals surface area contributed by atoms with Gasteiger partial charge in [-0.05, 0) is 30.4 Å². The Morgan fingerprint density at radius 1 is 0.818 bits per heavy atom. The number of amides is 2. The van der Waals surface area contributed by atoms with Gasteiger partial charge in [-0.2, -0.15) is 0 Å². The monoisotopic (exact) mass is 456 g/mol. The summed E-state index contributed by atoms with van der Waals surface area (Å²) in [5, 5.41) is 15.0. The van der Waals surface area contributed by atoms with Crippen molar-refractivity contribution in [2.45, 2.75) is 58.6 Å². The Morgan fingerprint density at radius 2 is 1.33 bits per heavy atom. The highest BCUT2D eigenvalue weighted by Crippen LogP contribution is 2.10. The fourth-order valence-electron chi connectivity index (χ4n) is 3.07. The minimum atomic E-state index is -1.30. The van der Waals surface area contributed by atoms with Crippen LogP contribution in [-0.4, -0.2) is 41.3 Å². The normalized spacial score (nSPS) is 13.5. The molecule has 2 rings (SSSR count). The van der Waals surface area contributed by atoms with E-state index in [1.165, 1.54) is 6.92 Å². The molecule has 3 unspecified atom stereocenters. The van der Waals surface area contributed by atoms with Crippen molar-refractivity contribution < 1.29 is 29.0 Å². The van der Waals surface area contributed by atoms with Gasteiger partial charge in [-0.3, -0.25) is 4.79 Å². The second kappa shape index (κ2) is 13.2. The average molecular weight is 457 g/mol. The van der Waals surface area contributed by atoms with E-state index in [0.29, 0.717) is 6.42 Å². The van der Waals surface area contributed by atoms with Gasteiger partial charge in [-0.15, -0.1) is 0 Å². The number of hydrogen-bond acceptors (Lipinski definition) is 6. The maximum Gasteiger partial charge on any atom is 0.408 e. The molecule has 0 aromatic heterocycles. The molecular formula is C25H32N2O6. The molecule has 0 radical (unpaired) electrons. The lowest BCUT2D eigenvalue weighted by Gasteiger charge is -2.25. The molecule has 33 heavy (non-hydrogen) atoms. The molecule has 2 amide bonds. The molecule has 2 aromatic carbocycles. The minimum absolute atomic E-state index is 0.0165. The Labute approximate surface area is 194 Å². The maximum atomic E-state index is 12.8. The van der Waals surface area contributed by atoms with Crippen molar-refractivity contribution in [1.82, 2.24) is 10.6 Å². The van der Waals surface area contributed by atoms with Gasteiger partial charge in [0.15, 0.2) is 0 Å². The predicted molar refractivity (Wildman–Crippen MR) is 123 cm³/mol. The van der Waals surface area contributed by atoms with Gasteiger partial charge in [0.25, 0.3) is 0 Å². The van der Waals surface area contributed by atoms with Crippen LogP contribution in [0.15, 0.2) is 60.7 Å². The first kappa shape index (κ1) is 25.9. The molecule has 0 spiro atoms. The number of alkyl carbamates (subject to hydrolysis) is 1. The molecule has 8 nitrogen and oxygen atoms in total. The molecule has 0 aliphatic carbocycles. The van der Waals surface area contributed by atoms with E-state index < -0.39 is 36.2 Å². The number of carbonyl (C=O) groups excluding carboxylic acids is 3. The molecule has 178 valence electrons. The van der Waals surface area contributed by atoms with Crippen LogP contribution in [0.5, 0.6) is 0 Å². The molecule has 0 fully saturated rings. The molecule has 0 bridgehead atoms. The van der Waals surface area contributed by atoms with Gasteiger partial charge in [0.05, 0.1) is 6.10 Å². The van der Waals surface area contributed by atoms with Crippen molar-refractivity contribution in [2.24, 2.45) is 5.92 Å². The van der Waals surface area contributed by atoms with E-state index in [0.717, 1.165) is 11.1 Å². The van der Waals surface area contributed by atoms with E-state index in [4.69, 9.17) is 9.47 Å². The highest BCUT2D eigenvalue weighted by atomic mass is 16.5. The van der Waals surface area contributed by atoms with Gasteiger partial charge >= 0.3 is 12.1 Å². The predicted octanol–water partition coefficient (Wildman–Crippen LogP) is 2.94. The zero-order valence-electron chi connectivity index (χ0n) is 19.2. The van der Waals surface area contributed by atoms with E-state index in [2.05, 4.69) is 10.6 Å². The third-order valence-corrected chi connectivity index (χ3v) is 4.78. The lowest BCUT2D eigenvalue weighted by atomic mass is 10.0. The molecule has 0 heterocycles. The zero-order valence-corrected chi connectivity index (χ0v) is 19.2. The number of carbonyl (C=O) groups is 3. The topological polar surface area (TPSA) is 114 Å². The van der Waals surface area contributed by atoms with Crippen molar-refractivity contribution in [3.8, 4) is 0 Å². The zero-order chi connectivity index (χ0) is 24.2. The number of benzene rings is 2. The summed E-state index contributed by atoms with van der Waals surface area (Å²) in [5.41, 5.74) is 1.61. The summed E-state index contributed by atoms with van der Waals surface area (Å²) in [6.45, 7) is 5.29. The van der Waals surface area contributed by atoms with Gasteiger partial charge in [0.2, 0.25) is 5.91 Å². The Morgan fingerprint density at radius 3 is 1.82 bits per heavy atom. The Hall–Kier alpha value is -3.39. The Kier molecular flexibility index (Phi) is 10.4. The number of nitrogens with one attached hydrogen (secondary N) is 2. The third-order valence-electron chi connectivity index (χ3n) is 4.78. The van der Waals surface area contributed by atoms with Crippen LogP contribution in [0.1, 0.15) is 38.3 Å². The van der Waals surface area contributed by atoms with Crippen molar-refractivity contribution in [2.75, 3.05) is 0 Å². The summed E-state index contributed by atoms with van der Waals surface area (Å²) in [7, 11) is 0. The molecule has 0 aliphatic heterocycles. The van der Waals surface area contributed by atoms with Crippen LogP contribution in [0.3, 0.4) is 0 Å². The number of rotatable bonds is 11. The molecule has 0 saturated carbocycles. The first-order valence-corrected chi connectivity index (χ1v) is 10.9. The first-order chi connectivity index (χ1) is 15.8. The Bertz CT molecular complexity index is 886. The minimum Gasteiger partial charge on any atom is -0.459 e. The maximum absolute atomic E-state index is 12.8. The fourth-order valence-corrected chi connectivity index (χ4v) is 3.07. The van der Waals surface area contributed by atoms with Crippen molar-refractivity contribution >= 4 is 18.0 Å². The van der Waals surface area contributed by atoms with E-state index >= 15 is 0 Å². The van der Waals surface area contributed by atoms with Crippen molar-refractivity contribution in [1.29, 1.82) is 0 Å². The molecule has 3 N–H and O–H groups in total. The van der Waals surface area contributed by atoms with Crippen LogP contribution in [0.25, 0.3) is 0 Å². The quantitative estimate of drug-likeness (QED) is 0.448. The van der Waals surface area contributed by atoms with E-state index in [9.17, 15) is 19.5 Å². The summed E-state index contributed by atoms with van der Waals surface area (Å²) in [6, 6.07) is 16.0. The molecule has 2 aromatic rings. The van der Waals surface area contributed by atoms with Crippen LogP contribution in [0.4, 0.5) is 4.79 Å². The van der Waals surface area contributed by atoms with Crippen LogP contribution < -0.4 is 10.6 Å². The number of esters is 1. The van der Waals surface area contributed by atoms with Gasteiger partial charge in [-0.25, -0.2) is 9.59 Å². The summed E-state index contributed by atoms with van der Waals surface area (Å²) in [4.78, 5) is 37.6. The summed E-state index contributed by atoms with van der Waals surface area (Å²) in [5.74, 6) is -1.20. The lowest BCUT2D eigenvalue weighted by molar-refractivity contribution is -0.150. The average Bonchev–Trinajstić information content (AvgIpc) is 2.80. The second-order valence-corrected chi connectivity index (χ2v) is 8.21. The van der Waals surface area contributed by atoms with Crippen LogP contribution >= 0.6 is 0 Å². The second-order valence-electron chi connectivity index (χ2n) is 8.21. The number of ether oxygens (including phenoxy) is 2. The third kappa shape index (κ3) is 9.33. The summed E-state index contributed by atoms with van der Waals surface area (Å²) in [6.07, 6.45) is -1.73. The molecule has 3 atom stereocenters. The van der Waals surface area contributed by atoms with Crippen LogP contribution in [0, 0.1) is 5.92 Å². The van der Waals surface area contributed by atoms with Crippen molar-refractivity contribution in [3.63, 3.8) is 0 Å². The van der Waals surface area contributed by atoms with Gasteiger partial charge in [0.1, 0.15) is 25.3 Å². The van der Waals surface area contributed by atoms with Gasteiger partial charge in [-0.1, -0.05) is 74.5 Å². The Balaban J connectivity index is 1.96. The van der Waals surface area contributed by atoms with Crippen LogP contribution in [-0.2, 0) is 32.3 Å². The highest BCUT2D eigenvalue weighted by molar-refractivity contribution is 5.90. The largest absolute Gasteiger partial charge is 0.459 e.